The van der Waals surface area contributed by atoms with Crippen molar-refractivity contribution in [1.82, 2.24) is 4.57 Å². The molecule has 0 saturated carbocycles. The fourth-order valence-corrected chi connectivity index (χ4v) is 6.45. The van der Waals surface area contributed by atoms with Gasteiger partial charge in [0.1, 0.15) is 22.3 Å². The summed E-state index contributed by atoms with van der Waals surface area (Å²) in [7, 11) is 0. The number of para-hydroxylation sites is 3. The van der Waals surface area contributed by atoms with Gasteiger partial charge in [-0.25, -0.2) is 0 Å². The summed E-state index contributed by atoms with van der Waals surface area (Å²) in [6.45, 7) is 0. The van der Waals surface area contributed by atoms with Crippen LogP contribution < -0.4 is 0 Å². The molecule has 0 saturated heterocycles. The number of benzene rings is 6. The number of hydrogen-bond donors (Lipinski definition) is 0. The van der Waals surface area contributed by atoms with Crippen molar-refractivity contribution in [3.8, 4) is 5.69 Å². The van der Waals surface area contributed by atoms with Crippen LogP contribution in [0, 0.1) is 0 Å². The van der Waals surface area contributed by atoms with Gasteiger partial charge in [-0.3, -0.25) is 0 Å². The molecule has 0 N–H and O–H groups in total. The Hall–Kier alpha value is -5.28. The van der Waals surface area contributed by atoms with Gasteiger partial charge in [0.05, 0.1) is 22.1 Å². The van der Waals surface area contributed by atoms with Gasteiger partial charge in [-0.05, 0) is 60.0 Å². The average molecular weight is 514 g/mol. The molecule has 0 aliphatic carbocycles. The Balaban J connectivity index is 1.19. The molecule has 0 amide bonds. The molecule has 6 aromatic carbocycles. The number of nitrogens with zero attached hydrogens (tertiary/aromatic N) is 1. The van der Waals surface area contributed by atoms with Crippen LogP contribution in [-0.2, 0) is 6.42 Å². The van der Waals surface area contributed by atoms with Crippen LogP contribution >= 0.6 is 0 Å². The second-order valence-electron chi connectivity index (χ2n) is 10.6. The Bertz CT molecular complexity index is 2360. The summed E-state index contributed by atoms with van der Waals surface area (Å²) >= 11 is 0. The van der Waals surface area contributed by atoms with Gasteiger partial charge in [-0.15, -0.1) is 0 Å². The second kappa shape index (κ2) is 8.11. The van der Waals surface area contributed by atoms with Crippen molar-refractivity contribution in [3.63, 3.8) is 0 Å². The monoisotopic (exact) mass is 513 g/mol. The Labute approximate surface area is 229 Å². The smallest absolute Gasteiger partial charge is 0.137 e. The van der Waals surface area contributed by atoms with Crippen molar-refractivity contribution in [2.75, 3.05) is 0 Å². The fraction of sp³-hybridized carbons (Fsp3) is 0.0270. The molecule has 0 radical (unpaired) electrons. The minimum Gasteiger partial charge on any atom is -0.456 e. The van der Waals surface area contributed by atoms with Gasteiger partial charge in [0.25, 0.3) is 0 Å². The highest BCUT2D eigenvalue weighted by atomic mass is 16.3. The first-order valence-electron chi connectivity index (χ1n) is 13.6. The highest BCUT2D eigenvalue weighted by Crippen LogP contribution is 2.39. The summed E-state index contributed by atoms with van der Waals surface area (Å²) in [5.74, 6) is 0. The summed E-state index contributed by atoms with van der Waals surface area (Å²) < 4.78 is 15.0. The molecule has 9 aromatic rings. The van der Waals surface area contributed by atoms with Gasteiger partial charge >= 0.3 is 0 Å². The molecule has 3 heteroatoms. The van der Waals surface area contributed by atoms with Gasteiger partial charge in [0, 0.05) is 26.9 Å². The van der Waals surface area contributed by atoms with E-state index in [-0.39, 0.29) is 0 Å². The van der Waals surface area contributed by atoms with E-state index in [2.05, 4.69) is 120 Å². The SMILES string of the molecule is c1ccc2c(c1)oc1cc(Cc3ccc4c(c3)oc3cccc(-n5c6ccccc6c6ccccc65)c34)ccc12. The van der Waals surface area contributed by atoms with E-state index in [0.717, 1.165) is 56.0 Å². The number of fused-ring (bicyclic) bond motifs is 9. The zero-order valence-electron chi connectivity index (χ0n) is 21.6. The van der Waals surface area contributed by atoms with Crippen LogP contribution in [0.25, 0.3) is 71.4 Å². The molecular weight excluding hydrogens is 490 g/mol. The minimum absolute atomic E-state index is 0.805. The largest absolute Gasteiger partial charge is 0.456 e. The average Bonchev–Trinajstić information content (AvgIpc) is 3.66. The van der Waals surface area contributed by atoms with Gasteiger partial charge in [0.15, 0.2) is 0 Å². The second-order valence-corrected chi connectivity index (χ2v) is 10.6. The quantitative estimate of drug-likeness (QED) is 0.235. The van der Waals surface area contributed by atoms with Crippen LogP contribution in [0.15, 0.2) is 136 Å². The lowest BCUT2D eigenvalue weighted by atomic mass is 10.0. The number of furan rings is 2. The highest BCUT2D eigenvalue weighted by molar-refractivity contribution is 6.14. The van der Waals surface area contributed by atoms with Crippen molar-refractivity contribution in [2.24, 2.45) is 0 Å². The first kappa shape index (κ1) is 21.6. The molecule has 0 aliphatic heterocycles. The maximum atomic E-state index is 6.47. The number of hydrogen-bond acceptors (Lipinski definition) is 2. The van der Waals surface area contributed by atoms with Crippen molar-refractivity contribution in [1.29, 1.82) is 0 Å². The molecule has 3 heterocycles. The minimum atomic E-state index is 0.805. The van der Waals surface area contributed by atoms with Crippen LogP contribution in [0.5, 0.6) is 0 Å². The molecule has 3 nitrogen and oxygen atoms in total. The van der Waals surface area contributed by atoms with Gasteiger partial charge in [-0.1, -0.05) is 84.9 Å². The molecule has 40 heavy (non-hydrogen) atoms. The van der Waals surface area contributed by atoms with Crippen molar-refractivity contribution in [2.45, 2.75) is 6.42 Å². The van der Waals surface area contributed by atoms with Gasteiger partial charge in [0.2, 0.25) is 0 Å². The molecule has 0 spiro atoms. The maximum Gasteiger partial charge on any atom is 0.137 e. The van der Waals surface area contributed by atoms with Crippen molar-refractivity contribution in [3.05, 3.63) is 139 Å². The van der Waals surface area contributed by atoms with Gasteiger partial charge < -0.3 is 13.4 Å². The lowest BCUT2D eigenvalue weighted by Crippen LogP contribution is -1.94. The molecule has 188 valence electrons. The molecule has 0 atom stereocenters. The summed E-state index contributed by atoms with van der Waals surface area (Å²) in [5.41, 5.74) is 9.62. The first-order chi connectivity index (χ1) is 19.8. The van der Waals surface area contributed by atoms with E-state index in [4.69, 9.17) is 8.83 Å². The van der Waals surface area contributed by atoms with E-state index in [1.54, 1.807) is 0 Å². The van der Waals surface area contributed by atoms with E-state index < -0.39 is 0 Å². The molecule has 0 unspecified atom stereocenters. The predicted molar refractivity (Wildman–Crippen MR) is 165 cm³/mol. The normalized spacial score (nSPS) is 12.1. The first-order valence-corrected chi connectivity index (χ1v) is 13.6. The zero-order valence-corrected chi connectivity index (χ0v) is 21.6. The number of aromatic nitrogens is 1. The van der Waals surface area contributed by atoms with E-state index in [1.807, 2.05) is 12.1 Å². The summed E-state index contributed by atoms with van der Waals surface area (Å²) in [6, 6.07) is 45.0. The molecule has 9 rings (SSSR count). The molecule has 0 aliphatic rings. The molecular formula is C37H23NO2. The van der Waals surface area contributed by atoms with E-state index in [9.17, 15) is 0 Å². The maximum absolute atomic E-state index is 6.47. The van der Waals surface area contributed by atoms with Crippen molar-refractivity contribution < 1.29 is 8.83 Å². The van der Waals surface area contributed by atoms with Gasteiger partial charge in [-0.2, -0.15) is 0 Å². The van der Waals surface area contributed by atoms with E-state index >= 15 is 0 Å². The summed E-state index contributed by atoms with van der Waals surface area (Å²) in [4.78, 5) is 0. The van der Waals surface area contributed by atoms with E-state index in [0.29, 0.717) is 0 Å². The molecule has 0 bridgehead atoms. The van der Waals surface area contributed by atoms with Crippen LogP contribution in [0.3, 0.4) is 0 Å². The zero-order chi connectivity index (χ0) is 26.2. The van der Waals surface area contributed by atoms with Crippen molar-refractivity contribution >= 4 is 65.7 Å². The standard InChI is InChI=1S/C37H23NO2/c1-4-11-30-25(8-1)26-9-2-5-12-31(26)38(30)32-13-7-15-34-37(32)29-19-17-24(22-36(29)40-34)20-23-16-18-28-27-10-3-6-14-33(27)39-35(28)21-23/h1-19,21-22H,20H2. The molecule has 0 fully saturated rings. The third-order valence-electron chi connectivity index (χ3n) is 8.21. The van der Waals surface area contributed by atoms with E-state index in [1.165, 1.54) is 32.9 Å². The Kier molecular flexibility index (Phi) is 4.39. The lowest BCUT2D eigenvalue weighted by Gasteiger charge is -2.09. The summed E-state index contributed by atoms with van der Waals surface area (Å²) in [5, 5.41) is 7.10. The van der Waals surface area contributed by atoms with Crippen LogP contribution in [0.2, 0.25) is 0 Å². The predicted octanol–water partition coefficient (Wildman–Crippen LogP) is 10.2. The number of rotatable bonds is 3. The fourth-order valence-electron chi connectivity index (χ4n) is 6.45. The Morgan fingerprint density at radius 3 is 1.73 bits per heavy atom. The Morgan fingerprint density at radius 2 is 0.975 bits per heavy atom. The third-order valence-corrected chi connectivity index (χ3v) is 8.21. The Morgan fingerprint density at radius 1 is 0.425 bits per heavy atom. The topological polar surface area (TPSA) is 31.2 Å². The van der Waals surface area contributed by atoms with Crippen LogP contribution in [0.4, 0.5) is 0 Å². The van der Waals surface area contributed by atoms with Crippen LogP contribution in [-0.4, -0.2) is 4.57 Å². The highest BCUT2D eigenvalue weighted by Gasteiger charge is 2.17. The third kappa shape index (κ3) is 3.06. The lowest BCUT2D eigenvalue weighted by molar-refractivity contribution is 0.668. The molecule has 3 aromatic heterocycles. The van der Waals surface area contributed by atoms with Crippen LogP contribution in [0.1, 0.15) is 11.1 Å². The summed E-state index contributed by atoms with van der Waals surface area (Å²) in [6.07, 6.45) is 0.805.